The summed E-state index contributed by atoms with van der Waals surface area (Å²) in [6.45, 7) is 2.54. The molecule has 1 aliphatic rings. The molecule has 190 valence electrons. The molecule has 1 saturated heterocycles. The topological polar surface area (TPSA) is 66.5 Å². The first-order chi connectivity index (χ1) is 17.2. The van der Waals surface area contributed by atoms with E-state index in [0.717, 1.165) is 17.0 Å². The number of nitrogens with one attached hydrogen (secondary N) is 1. The van der Waals surface area contributed by atoms with Crippen LogP contribution < -0.4 is 5.32 Å². The Morgan fingerprint density at radius 1 is 1.03 bits per heavy atom. The fourth-order valence-electron chi connectivity index (χ4n) is 4.21. The van der Waals surface area contributed by atoms with Crippen molar-refractivity contribution < 1.29 is 13.2 Å². The fourth-order valence-corrected chi connectivity index (χ4v) is 7.00. The monoisotopic (exact) mass is 562 g/mol. The summed E-state index contributed by atoms with van der Waals surface area (Å²) < 4.78 is 27.5. The minimum absolute atomic E-state index is 0.154. The normalized spacial score (nSPS) is 16.6. The maximum Gasteiger partial charge on any atom is 0.228 e. The zero-order valence-electron chi connectivity index (χ0n) is 19.9. The molecule has 1 unspecified atom stereocenters. The van der Waals surface area contributed by atoms with Crippen LogP contribution in [-0.2, 0) is 26.3 Å². The lowest BCUT2D eigenvalue weighted by Crippen LogP contribution is -2.44. The third-order valence-electron chi connectivity index (χ3n) is 6.18. The second-order valence-electron chi connectivity index (χ2n) is 8.94. The molecule has 1 amide bonds. The third kappa shape index (κ3) is 7.05. The van der Waals surface area contributed by atoms with Gasteiger partial charge >= 0.3 is 0 Å². The van der Waals surface area contributed by atoms with Crippen LogP contribution in [0, 0.1) is 12.8 Å². The van der Waals surface area contributed by atoms with E-state index in [1.807, 2.05) is 37.3 Å². The van der Waals surface area contributed by atoms with Gasteiger partial charge in [0.05, 0.1) is 21.7 Å². The van der Waals surface area contributed by atoms with Crippen LogP contribution in [0.3, 0.4) is 0 Å². The Kier molecular flexibility index (Phi) is 9.01. The van der Waals surface area contributed by atoms with Gasteiger partial charge in [0.25, 0.3) is 0 Å². The highest BCUT2D eigenvalue weighted by molar-refractivity contribution is 7.98. The molecule has 9 heteroatoms. The molecule has 1 aliphatic heterocycles. The summed E-state index contributed by atoms with van der Waals surface area (Å²) in [5, 5.41) is 3.72. The Labute approximate surface area is 227 Å². The number of hydrogen-bond donors (Lipinski definition) is 1. The molecule has 36 heavy (non-hydrogen) atoms. The van der Waals surface area contributed by atoms with Crippen LogP contribution in [0.2, 0.25) is 10.0 Å². The minimum Gasteiger partial charge on any atom is -0.326 e. The van der Waals surface area contributed by atoms with Crippen LogP contribution in [0.5, 0.6) is 0 Å². The van der Waals surface area contributed by atoms with E-state index in [9.17, 15) is 13.2 Å². The number of benzene rings is 3. The van der Waals surface area contributed by atoms with Crippen LogP contribution in [-0.4, -0.2) is 31.7 Å². The first-order valence-electron chi connectivity index (χ1n) is 11.7. The average Bonchev–Trinajstić information content (AvgIpc) is 2.87. The Balaban J connectivity index is 1.36. The zero-order chi connectivity index (χ0) is 25.7. The van der Waals surface area contributed by atoms with Crippen LogP contribution in [0.4, 0.5) is 5.69 Å². The molecule has 0 aromatic heterocycles. The molecule has 5 nitrogen and oxygen atoms in total. The average molecular weight is 564 g/mol. The maximum absolute atomic E-state index is 13.1. The van der Waals surface area contributed by atoms with Crippen molar-refractivity contribution in [2.45, 2.75) is 36.2 Å². The standard InChI is InChI=1S/C27H28Cl2N2O3S2/c1-19-14-20(17-35-23-7-3-2-4-8-23)10-12-26(19)30-27(32)22-6-5-13-31(16-22)36(33,34)18-21-9-11-24(28)25(29)15-21/h2-4,7-12,14-15,22H,5-6,13,16-18H2,1H3,(H,30,32). The number of sulfonamides is 1. The number of thioether (sulfide) groups is 1. The number of rotatable bonds is 8. The van der Waals surface area contributed by atoms with Gasteiger partial charge < -0.3 is 5.32 Å². The maximum atomic E-state index is 13.1. The molecule has 0 saturated carbocycles. The Morgan fingerprint density at radius 3 is 2.50 bits per heavy atom. The van der Waals surface area contributed by atoms with E-state index in [2.05, 4.69) is 23.5 Å². The van der Waals surface area contributed by atoms with Gasteiger partial charge in [0, 0.05) is 29.4 Å². The van der Waals surface area contributed by atoms with Gasteiger partial charge in [-0.15, -0.1) is 11.8 Å². The second-order valence-corrected chi connectivity index (χ2v) is 12.8. The number of anilines is 1. The van der Waals surface area contributed by atoms with Crippen molar-refractivity contribution in [3.05, 3.63) is 93.5 Å². The quantitative estimate of drug-likeness (QED) is 0.307. The number of carbonyl (C=O) groups excluding carboxylic acids is 1. The summed E-state index contributed by atoms with van der Waals surface area (Å²) in [5.74, 6) is 0.0987. The molecule has 0 aliphatic carbocycles. The Bertz CT molecular complexity index is 1330. The third-order valence-corrected chi connectivity index (χ3v) is 9.82. The highest BCUT2D eigenvalue weighted by Gasteiger charge is 2.32. The van der Waals surface area contributed by atoms with E-state index in [4.69, 9.17) is 23.2 Å². The van der Waals surface area contributed by atoms with Crippen LogP contribution in [0.1, 0.15) is 29.5 Å². The Morgan fingerprint density at radius 2 is 1.78 bits per heavy atom. The van der Waals surface area contributed by atoms with Gasteiger partial charge in [-0.3, -0.25) is 4.79 Å². The summed E-state index contributed by atoms with van der Waals surface area (Å²) in [5.41, 5.74) is 3.48. The van der Waals surface area contributed by atoms with Crippen LogP contribution in [0.15, 0.2) is 71.6 Å². The zero-order valence-corrected chi connectivity index (χ0v) is 23.1. The molecule has 0 radical (unpaired) electrons. The first-order valence-corrected chi connectivity index (χ1v) is 15.1. The van der Waals surface area contributed by atoms with E-state index in [-0.39, 0.29) is 18.2 Å². The van der Waals surface area contributed by atoms with Gasteiger partial charge in [0.2, 0.25) is 15.9 Å². The molecule has 3 aromatic rings. The number of aryl methyl sites for hydroxylation is 1. The van der Waals surface area contributed by atoms with Crippen LogP contribution >= 0.6 is 35.0 Å². The van der Waals surface area contributed by atoms with Gasteiger partial charge in [-0.05, 0) is 66.8 Å². The molecule has 4 rings (SSSR count). The predicted molar refractivity (Wildman–Crippen MR) is 149 cm³/mol. The van der Waals surface area contributed by atoms with Crippen molar-refractivity contribution in [2.24, 2.45) is 5.92 Å². The molecule has 0 bridgehead atoms. The lowest BCUT2D eigenvalue weighted by Gasteiger charge is -2.31. The van der Waals surface area contributed by atoms with Gasteiger partial charge in [0.15, 0.2) is 0 Å². The number of piperidine rings is 1. The summed E-state index contributed by atoms with van der Waals surface area (Å²) in [7, 11) is -3.60. The van der Waals surface area contributed by atoms with Crippen molar-refractivity contribution in [3.8, 4) is 0 Å². The Hall–Kier alpha value is -2.03. The smallest absolute Gasteiger partial charge is 0.228 e. The van der Waals surface area contributed by atoms with Gasteiger partial charge in [0.1, 0.15) is 0 Å². The number of carbonyl (C=O) groups is 1. The summed E-state index contributed by atoms with van der Waals surface area (Å²) in [6.07, 6.45) is 1.28. The summed E-state index contributed by atoms with van der Waals surface area (Å²) >= 11 is 13.8. The highest BCUT2D eigenvalue weighted by atomic mass is 35.5. The van der Waals surface area contributed by atoms with E-state index >= 15 is 0 Å². The van der Waals surface area contributed by atoms with Crippen molar-refractivity contribution in [1.29, 1.82) is 0 Å². The molecule has 1 atom stereocenters. The molecule has 1 fully saturated rings. The lowest BCUT2D eigenvalue weighted by molar-refractivity contribution is -0.120. The first kappa shape index (κ1) is 27.0. The van der Waals surface area contributed by atoms with Crippen molar-refractivity contribution in [1.82, 2.24) is 4.31 Å². The highest BCUT2D eigenvalue weighted by Crippen LogP contribution is 2.28. The molecular formula is C27H28Cl2N2O3S2. The molecular weight excluding hydrogens is 535 g/mol. The second kappa shape index (κ2) is 12.0. The number of nitrogens with zero attached hydrogens (tertiary/aromatic N) is 1. The van der Waals surface area contributed by atoms with Gasteiger partial charge in [-0.25, -0.2) is 12.7 Å². The molecule has 1 N–H and O–H groups in total. The summed E-state index contributed by atoms with van der Waals surface area (Å²) in [6, 6.07) is 21.1. The van der Waals surface area contributed by atoms with E-state index in [0.29, 0.717) is 35.0 Å². The molecule has 3 aromatic carbocycles. The number of amides is 1. The summed E-state index contributed by atoms with van der Waals surface area (Å²) in [4.78, 5) is 14.3. The lowest BCUT2D eigenvalue weighted by atomic mass is 9.98. The molecule has 1 heterocycles. The molecule has 0 spiro atoms. The van der Waals surface area contributed by atoms with Gasteiger partial charge in [-0.2, -0.15) is 0 Å². The fraction of sp³-hybridized carbons (Fsp3) is 0.296. The van der Waals surface area contributed by atoms with E-state index in [1.54, 1.807) is 30.0 Å². The van der Waals surface area contributed by atoms with Crippen molar-refractivity contribution in [2.75, 3.05) is 18.4 Å². The van der Waals surface area contributed by atoms with Gasteiger partial charge in [-0.1, -0.05) is 59.6 Å². The van der Waals surface area contributed by atoms with Crippen molar-refractivity contribution in [3.63, 3.8) is 0 Å². The SMILES string of the molecule is Cc1cc(CSc2ccccc2)ccc1NC(=O)C1CCCN(S(=O)(=O)Cc2ccc(Cl)c(Cl)c2)C1. The predicted octanol–water partition coefficient (Wildman–Crippen LogP) is 6.77. The number of hydrogen-bond acceptors (Lipinski definition) is 4. The van der Waals surface area contributed by atoms with Crippen molar-refractivity contribution >= 4 is 56.6 Å². The van der Waals surface area contributed by atoms with E-state index in [1.165, 1.54) is 14.8 Å². The van der Waals surface area contributed by atoms with E-state index < -0.39 is 15.9 Å². The largest absolute Gasteiger partial charge is 0.326 e. The number of halogens is 2. The van der Waals surface area contributed by atoms with Crippen LogP contribution in [0.25, 0.3) is 0 Å². The minimum atomic E-state index is -3.60.